The standard InChI is InChI=1S/C28H26ClF3N2O3/c29-20-11-16-5-8-34(14-15-1-3-19(4-2-15)28(30,31)32)24(16)22(12-20)25(35)33-27(6-7-27)23-13-21(26(36)37)17-9-18(23)10-17/h1-5,8,11-12,17-18,21,23H,6-7,9-10,13-14H2,(H,33,35)(H,36,37). The molecular weight excluding hydrogens is 505 g/mol. The van der Waals surface area contributed by atoms with Gasteiger partial charge in [-0.25, -0.2) is 0 Å². The van der Waals surface area contributed by atoms with E-state index in [1.165, 1.54) is 12.1 Å². The Morgan fingerprint density at radius 2 is 1.76 bits per heavy atom. The number of carboxylic acid groups (broad SMARTS) is 1. The molecule has 1 aromatic heterocycles. The second-order valence-corrected chi connectivity index (χ2v) is 11.4. The molecule has 2 N–H and O–H groups in total. The Hall–Kier alpha value is -3.00. The van der Waals surface area contributed by atoms with Gasteiger partial charge in [0.25, 0.3) is 5.91 Å². The number of hydrogen-bond donors (Lipinski definition) is 2. The molecule has 2 atom stereocenters. The van der Waals surface area contributed by atoms with Crippen molar-refractivity contribution >= 4 is 34.4 Å². The van der Waals surface area contributed by atoms with E-state index in [-0.39, 0.29) is 29.2 Å². The molecule has 9 heteroatoms. The molecule has 2 unspecified atom stereocenters. The van der Waals surface area contributed by atoms with E-state index in [1.807, 2.05) is 10.6 Å². The molecule has 1 amide bonds. The maximum absolute atomic E-state index is 13.7. The minimum absolute atomic E-state index is 0.149. The van der Waals surface area contributed by atoms with E-state index >= 15 is 0 Å². The number of benzene rings is 2. The summed E-state index contributed by atoms with van der Waals surface area (Å²) in [4.78, 5) is 25.5. The van der Waals surface area contributed by atoms with Crippen molar-refractivity contribution in [3.8, 4) is 0 Å². The fraction of sp³-hybridized carbons (Fsp3) is 0.429. The minimum Gasteiger partial charge on any atom is -0.481 e. The van der Waals surface area contributed by atoms with Gasteiger partial charge in [0, 0.05) is 28.7 Å². The second-order valence-electron chi connectivity index (χ2n) is 10.9. The lowest BCUT2D eigenvalue weighted by Crippen LogP contribution is -2.54. The summed E-state index contributed by atoms with van der Waals surface area (Å²) in [6.45, 7) is 0.293. The molecule has 2 aromatic carbocycles. The predicted octanol–water partition coefficient (Wildman–Crippen LogP) is 6.37. The number of aliphatic carboxylic acids is 1. The third-order valence-electron chi connectivity index (χ3n) is 8.74. The highest BCUT2D eigenvalue weighted by atomic mass is 35.5. The number of carboxylic acids is 1. The van der Waals surface area contributed by atoms with Crippen LogP contribution in [0.1, 0.15) is 53.6 Å². The lowest BCUT2D eigenvalue weighted by molar-refractivity contribution is -0.153. The molecular formula is C28H26ClF3N2O3. The number of nitrogens with zero attached hydrogens (tertiary/aromatic N) is 1. The van der Waals surface area contributed by atoms with Crippen LogP contribution in [0.15, 0.2) is 48.7 Å². The van der Waals surface area contributed by atoms with Crippen LogP contribution in [0.4, 0.5) is 13.2 Å². The fourth-order valence-corrected chi connectivity index (χ4v) is 6.86. The van der Waals surface area contributed by atoms with Crippen molar-refractivity contribution < 1.29 is 27.9 Å². The number of rotatable bonds is 6. The summed E-state index contributed by atoms with van der Waals surface area (Å²) in [6.07, 6.45) is 1.48. The van der Waals surface area contributed by atoms with E-state index in [2.05, 4.69) is 5.32 Å². The van der Waals surface area contributed by atoms with Gasteiger partial charge in [-0.3, -0.25) is 9.59 Å². The summed E-state index contributed by atoms with van der Waals surface area (Å²) in [5, 5.41) is 14.1. The quantitative estimate of drug-likeness (QED) is 0.389. The van der Waals surface area contributed by atoms with Crippen molar-refractivity contribution in [1.82, 2.24) is 9.88 Å². The molecule has 0 radical (unpaired) electrons. The molecule has 2 bridgehead atoms. The third-order valence-corrected chi connectivity index (χ3v) is 8.96. The summed E-state index contributed by atoms with van der Waals surface area (Å²) >= 11 is 6.36. The highest BCUT2D eigenvalue weighted by molar-refractivity contribution is 6.32. The summed E-state index contributed by atoms with van der Waals surface area (Å²) < 4.78 is 40.7. The molecule has 1 heterocycles. The first-order chi connectivity index (χ1) is 17.5. The van der Waals surface area contributed by atoms with E-state index in [0.717, 1.165) is 43.2 Å². The van der Waals surface area contributed by atoms with E-state index in [0.29, 0.717) is 40.5 Å². The Balaban J connectivity index is 1.27. The van der Waals surface area contributed by atoms with Crippen LogP contribution in [0.3, 0.4) is 0 Å². The first kappa shape index (κ1) is 24.3. The number of fused-ring (bicyclic) bond motifs is 3. The molecule has 0 spiro atoms. The molecule has 4 aliphatic carbocycles. The van der Waals surface area contributed by atoms with Crippen LogP contribution in [-0.2, 0) is 17.5 Å². The average molecular weight is 531 g/mol. The normalized spacial score (nSPS) is 25.9. The van der Waals surface area contributed by atoms with Gasteiger partial charge in [0.1, 0.15) is 0 Å². The van der Waals surface area contributed by atoms with Gasteiger partial charge < -0.3 is 15.0 Å². The Morgan fingerprint density at radius 3 is 2.38 bits per heavy atom. The Labute approximate surface area is 216 Å². The number of nitrogens with one attached hydrogen (secondary N) is 1. The zero-order valence-electron chi connectivity index (χ0n) is 19.9. The van der Waals surface area contributed by atoms with Crippen molar-refractivity contribution in [3.05, 3.63) is 70.4 Å². The van der Waals surface area contributed by atoms with E-state index in [1.54, 1.807) is 18.3 Å². The van der Waals surface area contributed by atoms with Crippen LogP contribution in [0.25, 0.3) is 10.9 Å². The zero-order valence-corrected chi connectivity index (χ0v) is 20.6. The van der Waals surface area contributed by atoms with Crippen molar-refractivity contribution in [1.29, 1.82) is 0 Å². The van der Waals surface area contributed by atoms with Crippen molar-refractivity contribution in [3.63, 3.8) is 0 Å². The lowest BCUT2D eigenvalue weighted by atomic mass is 9.53. The highest BCUT2D eigenvalue weighted by Crippen LogP contribution is 2.60. The van der Waals surface area contributed by atoms with Gasteiger partial charge in [-0.05, 0) is 85.8 Å². The van der Waals surface area contributed by atoms with Crippen LogP contribution in [0.5, 0.6) is 0 Å². The monoisotopic (exact) mass is 530 g/mol. The second kappa shape index (κ2) is 8.51. The molecule has 7 rings (SSSR count). The Kier molecular flexibility index (Phi) is 5.60. The van der Waals surface area contributed by atoms with Gasteiger partial charge in [-0.1, -0.05) is 23.7 Å². The van der Waals surface area contributed by atoms with Gasteiger partial charge in [-0.2, -0.15) is 13.2 Å². The summed E-state index contributed by atoms with van der Waals surface area (Å²) in [7, 11) is 0. The number of amides is 1. The molecule has 4 aliphatic rings. The van der Waals surface area contributed by atoms with Gasteiger partial charge in [0.05, 0.1) is 22.6 Å². The van der Waals surface area contributed by atoms with Crippen LogP contribution in [0.2, 0.25) is 5.02 Å². The molecule has 0 aliphatic heterocycles. The van der Waals surface area contributed by atoms with E-state index in [9.17, 15) is 27.9 Å². The van der Waals surface area contributed by atoms with Crippen LogP contribution in [-0.4, -0.2) is 27.1 Å². The van der Waals surface area contributed by atoms with Crippen molar-refractivity contribution in [2.24, 2.45) is 23.7 Å². The fourth-order valence-electron chi connectivity index (χ4n) is 6.63. The first-order valence-corrected chi connectivity index (χ1v) is 12.9. The average Bonchev–Trinajstić information content (AvgIpc) is 3.50. The predicted molar refractivity (Wildman–Crippen MR) is 132 cm³/mol. The van der Waals surface area contributed by atoms with Crippen LogP contribution in [0, 0.1) is 23.7 Å². The Morgan fingerprint density at radius 1 is 1.05 bits per heavy atom. The number of hydrogen-bond acceptors (Lipinski definition) is 2. The van der Waals surface area contributed by atoms with Crippen molar-refractivity contribution in [2.45, 2.75) is 50.4 Å². The maximum atomic E-state index is 13.7. The molecule has 4 fully saturated rings. The first-order valence-electron chi connectivity index (χ1n) is 12.5. The summed E-state index contributed by atoms with van der Waals surface area (Å²) in [5.41, 5.74) is 0.643. The Bertz CT molecular complexity index is 1390. The lowest BCUT2D eigenvalue weighted by Gasteiger charge is -2.52. The largest absolute Gasteiger partial charge is 0.481 e. The SMILES string of the molecule is O=C(NC1(C2CC(C(=O)O)C3CC2C3)CC1)c1cc(Cl)cc2ccn(Cc3ccc(C(F)(F)F)cc3)c12. The number of carbonyl (C=O) groups excluding carboxylic acids is 1. The highest BCUT2D eigenvalue weighted by Gasteiger charge is 2.60. The smallest absolute Gasteiger partial charge is 0.416 e. The molecule has 0 saturated heterocycles. The van der Waals surface area contributed by atoms with Crippen molar-refractivity contribution in [2.75, 3.05) is 0 Å². The maximum Gasteiger partial charge on any atom is 0.416 e. The molecule has 3 aromatic rings. The molecule has 194 valence electrons. The van der Waals surface area contributed by atoms with Gasteiger partial charge >= 0.3 is 12.1 Å². The van der Waals surface area contributed by atoms with Crippen LogP contribution >= 0.6 is 11.6 Å². The van der Waals surface area contributed by atoms with E-state index < -0.39 is 17.7 Å². The number of halogens is 4. The summed E-state index contributed by atoms with van der Waals surface area (Å²) in [5.74, 6) is -0.490. The van der Waals surface area contributed by atoms with Gasteiger partial charge in [-0.15, -0.1) is 0 Å². The topological polar surface area (TPSA) is 71.3 Å². The zero-order chi connectivity index (χ0) is 26.1. The number of carbonyl (C=O) groups is 2. The van der Waals surface area contributed by atoms with Crippen LogP contribution < -0.4 is 5.32 Å². The van der Waals surface area contributed by atoms with Gasteiger partial charge in [0.2, 0.25) is 0 Å². The third kappa shape index (κ3) is 4.29. The van der Waals surface area contributed by atoms with Gasteiger partial charge in [0.15, 0.2) is 0 Å². The molecule has 37 heavy (non-hydrogen) atoms. The number of alkyl halides is 3. The molecule has 5 nitrogen and oxygen atoms in total. The summed E-state index contributed by atoms with van der Waals surface area (Å²) in [6, 6.07) is 10.2. The minimum atomic E-state index is -4.40. The van der Waals surface area contributed by atoms with E-state index in [4.69, 9.17) is 11.6 Å². The number of aromatic nitrogens is 1. The molecule has 4 saturated carbocycles.